The highest BCUT2D eigenvalue weighted by molar-refractivity contribution is 5.71. The van der Waals surface area contributed by atoms with Crippen LogP contribution in [0.5, 0.6) is 5.75 Å². The minimum absolute atomic E-state index is 0.158. The highest BCUT2D eigenvalue weighted by Crippen LogP contribution is 2.27. The number of rotatable bonds is 7. The van der Waals surface area contributed by atoms with E-state index in [1.54, 1.807) is 39.1 Å². The number of hydrogen-bond donors (Lipinski definition) is 2. The van der Waals surface area contributed by atoms with Crippen LogP contribution in [-0.2, 0) is 11.2 Å². The zero-order chi connectivity index (χ0) is 24.1. The molecule has 0 bridgehead atoms. The maximum Gasteiger partial charge on any atom is 0.422 e. The number of aromatic nitrogens is 2. The van der Waals surface area contributed by atoms with Crippen molar-refractivity contribution < 1.29 is 27.4 Å². The number of halogens is 3. The highest BCUT2D eigenvalue weighted by Gasteiger charge is 2.28. The van der Waals surface area contributed by atoms with Crippen LogP contribution in [0, 0.1) is 0 Å². The van der Waals surface area contributed by atoms with Crippen molar-refractivity contribution in [2.24, 2.45) is 0 Å². The molecule has 9 heteroatoms. The van der Waals surface area contributed by atoms with E-state index in [1.165, 1.54) is 12.1 Å². The molecule has 6 nitrogen and oxygen atoms in total. The molecule has 0 radical (unpaired) electrons. The van der Waals surface area contributed by atoms with Crippen molar-refractivity contribution in [3.8, 4) is 28.1 Å². The van der Waals surface area contributed by atoms with Crippen molar-refractivity contribution >= 4 is 6.09 Å². The number of carbonyl (C=O) groups excluding carboxylic acids is 1. The molecule has 0 aliphatic rings. The van der Waals surface area contributed by atoms with Crippen LogP contribution in [0.25, 0.3) is 22.4 Å². The molecule has 0 atom stereocenters. The van der Waals surface area contributed by atoms with E-state index in [1.807, 2.05) is 24.3 Å². The van der Waals surface area contributed by atoms with Crippen LogP contribution in [0.3, 0.4) is 0 Å². The van der Waals surface area contributed by atoms with Gasteiger partial charge in [-0.2, -0.15) is 13.2 Å². The summed E-state index contributed by atoms with van der Waals surface area (Å²) < 4.78 is 46.9. The number of amides is 1. The van der Waals surface area contributed by atoms with Crippen molar-refractivity contribution in [2.75, 3.05) is 13.2 Å². The molecule has 0 aliphatic carbocycles. The van der Waals surface area contributed by atoms with Gasteiger partial charge in [0, 0.05) is 18.5 Å². The Morgan fingerprint density at radius 1 is 1.03 bits per heavy atom. The van der Waals surface area contributed by atoms with E-state index in [0.29, 0.717) is 13.0 Å². The van der Waals surface area contributed by atoms with E-state index < -0.39 is 24.5 Å². The van der Waals surface area contributed by atoms with Crippen LogP contribution in [0.1, 0.15) is 26.6 Å². The average Bonchev–Trinajstić information content (AvgIpc) is 3.20. The molecule has 176 valence electrons. The summed E-state index contributed by atoms with van der Waals surface area (Å²) in [6.45, 7) is 4.46. The van der Waals surface area contributed by atoms with E-state index in [2.05, 4.69) is 15.3 Å². The Morgan fingerprint density at radius 2 is 1.73 bits per heavy atom. The van der Waals surface area contributed by atoms with Gasteiger partial charge in [-0.05, 0) is 50.1 Å². The third-order valence-corrected chi connectivity index (χ3v) is 4.42. The first-order valence-corrected chi connectivity index (χ1v) is 10.4. The molecule has 1 amide bonds. The van der Waals surface area contributed by atoms with E-state index in [4.69, 9.17) is 9.47 Å². The Bertz CT molecular complexity index is 1070. The number of aromatic amines is 1. The van der Waals surface area contributed by atoms with Gasteiger partial charge in [0.05, 0.1) is 11.9 Å². The van der Waals surface area contributed by atoms with Gasteiger partial charge in [0.25, 0.3) is 0 Å². The topological polar surface area (TPSA) is 76.2 Å². The molecule has 3 aromatic rings. The Balaban J connectivity index is 1.61. The Labute approximate surface area is 190 Å². The molecule has 2 aromatic carbocycles. The van der Waals surface area contributed by atoms with Crippen molar-refractivity contribution in [2.45, 2.75) is 39.0 Å². The SMILES string of the molecule is CC(C)(C)OC(=O)NCCc1ncc(-c2cccc(-c3ccc(OCC(F)(F)F)cc3)c2)[nH]1. The first kappa shape index (κ1) is 24.2. The molecular weight excluding hydrogens is 435 g/mol. The Hall–Kier alpha value is -3.49. The van der Waals surface area contributed by atoms with Crippen molar-refractivity contribution in [3.05, 3.63) is 60.6 Å². The number of alkyl carbamates (subject to hydrolysis) is 1. The van der Waals surface area contributed by atoms with Gasteiger partial charge in [-0.15, -0.1) is 0 Å². The first-order valence-electron chi connectivity index (χ1n) is 10.4. The number of nitrogens with zero attached hydrogens (tertiary/aromatic N) is 1. The standard InChI is InChI=1S/C24H26F3N3O3/c1-23(2,3)33-22(31)28-12-11-21-29-14-20(30-21)18-6-4-5-17(13-18)16-7-9-19(10-8-16)32-15-24(25,26)27/h4-10,13-14H,11-12,15H2,1-3H3,(H,28,31)(H,29,30). The molecule has 33 heavy (non-hydrogen) atoms. The van der Waals surface area contributed by atoms with Gasteiger partial charge in [0.2, 0.25) is 0 Å². The van der Waals surface area contributed by atoms with E-state index in [-0.39, 0.29) is 5.75 Å². The highest BCUT2D eigenvalue weighted by atomic mass is 19.4. The number of imidazole rings is 1. The molecule has 0 unspecified atom stereocenters. The maximum atomic E-state index is 12.3. The molecule has 1 aromatic heterocycles. The smallest absolute Gasteiger partial charge is 0.422 e. The number of benzene rings is 2. The van der Waals surface area contributed by atoms with Crippen LogP contribution < -0.4 is 10.1 Å². The Morgan fingerprint density at radius 3 is 2.39 bits per heavy atom. The summed E-state index contributed by atoms with van der Waals surface area (Å²) in [5.74, 6) is 0.878. The summed E-state index contributed by atoms with van der Waals surface area (Å²) in [6.07, 6.45) is -2.62. The number of hydrogen-bond acceptors (Lipinski definition) is 4. The van der Waals surface area contributed by atoms with Crippen LogP contribution in [0.4, 0.5) is 18.0 Å². The Kier molecular flexibility index (Phi) is 7.30. The lowest BCUT2D eigenvalue weighted by molar-refractivity contribution is -0.153. The lowest BCUT2D eigenvalue weighted by atomic mass is 10.0. The van der Waals surface area contributed by atoms with Gasteiger partial charge in [-0.3, -0.25) is 0 Å². The normalized spacial score (nSPS) is 11.8. The fraction of sp³-hybridized carbons (Fsp3) is 0.333. The molecule has 0 saturated heterocycles. The molecule has 1 heterocycles. The van der Waals surface area contributed by atoms with Gasteiger partial charge in [0.15, 0.2) is 6.61 Å². The fourth-order valence-corrected chi connectivity index (χ4v) is 3.01. The van der Waals surface area contributed by atoms with Crippen molar-refractivity contribution in [1.82, 2.24) is 15.3 Å². The number of H-pyrrole nitrogens is 1. The second-order valence-electron chi connectivity index (χ2n) is 8.43. The van der Waals surface area contributed by atoms with Crippen molar-refractivity contribution in [3.63, 3.8) is 0 Å². The summed E-state index contributed by atoms with van der Waals surface area (Å²) in [5, 5.41) is 2.70. The van der Waals surface area contributed by atoms with E-state index >= 15 is 0 Å². The summed E-state index contributed by atoms with van der Waals surface area (Å²) in [6, 6.07) is 14.2. The van der Waals surface area contributed by atoms with Crippen LogP contribution in [0.2, 0.25) is 0 Å². The third-order valence-electron chi connectivity index (χ3n) is 4.42. The molecule has 2 N–H and O–H groups in total. The maximum absolute atomic E-state index is 12.3. The van der Waals surface area contributed by atoms with Crippen LogP contribution >= 0.6 is 0 Å². The predicted octanol–water partition coefficient (Wildman–Crippen LogP) is 5.75. The number of nitrogens with one attached hydrogen (secondary N) is 2. The van der Waals surface area contributed by atoms with E-state index in [0.717, 1.165) is 28.2 Å². The largest absolute Gasteiger partial charge is 0.484 e. The monoisotopic (exact) mass is 461 g/mol. The summed E-state index contributed by atoms with van der Waals surface area (Å²) >= 11 is 0. The molecule has 3 rings (SSSR count). The number of alkyl halides is 3. The van der Waals surface area contributed by atoms with Crippen LogP contribution in [-0.4, -0.2) is 41.0 Å². The second kappa shape index (κ2) is 9.97. The average molecular weight is 461 g/mol. The minimum Gasteiger partial charge on any atom is -0.484 e. The number of carbonyl (C=O) groups is 1. The first-order chi connectivity index (χ1) is 15.5. The third kappa shape index (κ3) is 7.85. The van der Waals surface area contributed by atoms with Gasteiger partial charge < -0.3 is 19.8 Å². The molecule has 0 fully saturated rings. The summed E-state index contributed by atoms with van der Waals surface area (Å²) in [5.41, 5.74) is 2.91. The zero-order valence-electron chi connectivity index (χ0n) is 18.6. The van der Waals surface area contributed by atoms with Gasteiger partial charge in [-0.1, -0.05) is 30.3 Å². The fourth-order valence-electron chi connectivity index (χ4n) is 3.01. The minimum atomic E-state index is -4.37. The lowest BCUT2D eigenvalue weighted by Crippen LogP contribution is -2.33. The quantitative estimate of drug-likeness (QED) is 0.470. The van der Waals surface area contributed by atoms with Gasteiger partial charge in [-0.25, -0.2) is 9.78 Å². The molecular formula is C24H26F3N3O3. The summed E-state index contributed by atoms with van der Waals surface area (Å²) in [4.78, 5) is 19.3. The lowest BCUT2D eigenvalue weighted by Gasteiger charge is -2.19. The van der Waals surface area contributed by atoms with E-state index in [9.17, 15) is 18.0 Å². The van der Waals surface area contributed by atoms with Crippen molar-refractivity contribution in [1.29, 1.82) is 0 Å². The zero-order valence-corrected chi connectivity index (χ0v) is 18.6. The van der Waals surface area contributed by atoms with Crippen LogP contribution in [0.15, 0.2) is 54.7 Å². The van der Waals surface area contributed by atoms with Gasteiger partial charge in [0.1, 0.15) is 17.2 Å². The summed E-state index contributed by atoms with van der Waals surface area (Å²) in [7, 11) is 0. The number of ether oxygens (including phenoxy) is 2. The molecule has 0 aliphatic heterocycles. The molecule has 0 saturated carbocycles. The van der Waals surface area contributed by atoms with Gasteiger partial charge >= 0.3 is 12.3 Å². The second-order valence-corrected chi connectivity index (χ2v) is 8.43. The predicted molar refractivity (Wildman–Crippen MR) is 119 cm³/mol. The molecule has 0 spiro atoms.